The van der Waals surface area contributed by atoms with E-state index >= 15 is 0 Å². The maximum Gasteiger partial charge on any atom is -0.00490 e. The normalized spacial score (nSPS) is 12.7. The van der Waals surface area contributed by atoms with Crippen molar-refractivity contribution in [2.45, 2.75) is 110 Å². The first kappa shape index (κ1) is 21.9. The molecular formula is C20H44N2. The molecule has 0 aliphatic heterocycles. The van der Waals surface area contributed by atoms with Crippen molar-refractivity contribution < 1.29 is 0 Å². The molecule has 0 rings (SSSR count). The third kappa shape index (κ3) is 16.3. The van der Waals surface area contributed by atoms with Gasteiger partial charge in [-0.1, -0.05) is 96.8 Å². The van der Waals surface area contributed by atoms with Crippen molar-refractivity contribution in [3.8, 4) is 0 Å². The van der Waals surface area contributed by atoms with Crippen LogP contribution in [0.4, 0.5) is 0 Å². The molecule has 4 N–H and O–H groups in total. The van der Waals surface area contributed by atoms with Crippen LogP contribution in [0.2, 0.25) is 0 Å². The van der Waals surface area contributed by atoms with Gasteiger partial charge in [-0.25, -0.2) is 0 Å². The SMILES string of the molecule is CCC(CN)CCCCCCCCCCCCCCCCN. The van der Waals surface area contributed by atoms with E-state index in [1.807, 2.05) is 0 Å². The average molecular weight is 313 g/mol. The summed E-state index contributed by atoms with van der Waals surface area (Å²) < 4.78 is 0. The Balaban J connectivity index is 3.02. The summed E-state index contributed by atoms with van der Waals surface area (Å²) in [6, 6.07) is 0. The van der Waals surface area contributed by atoms with Gasteiger partial charge in [0.05, 0.1) is 0 Å². The van der Waals surface area contributed by atoms with E-state index in [9.17, 15) is 0 Å². The first-order chi connectivity index (χ1) is 10.8. The lowest BCUT2D eigenvalue weighted by Gasteiger charge is -2.11. The Kier molecular flexibility index (Phi) is 18.9. The Morgan fingerprint density at radius 3 is 1.23 bits per heavy atom. The number of unbranched alkanes of at least 4 members (excludes halogenated alkanes) is 13. The Morgan fingerprint density at radius 1 is 0.545 bits per heavy atom. The molecule has 2 heteroatoms. The van der Waals surface area contributed by atoms with E-state index in [1.165, 1.54) is 103 Å². The zero-order valence-corrected chi connectivity index (χ0v) is 15.5. The Bertz CT molecular complexity index is 190. The van der Waals surface area contributed by atoms with E-state index in [0.717, 1.165) is 19.0 Å². The first-order valence-corrected chi connectivity index (χ1v) is 10.2. The molecule has 0 fully saturated rings. The van der Waals surface area contributed by atoms with Gasteiger partial charge in [0.2, 0.25) is 0 Å². The summed E-state index contributed by atoms with van der Waals surface area (Å²) in [7, 11) is 0. The summed E-state index contributed by atoms with van der Waals surface area (Å²) in [5.41, 5.74) is 11.2. The average Bonchev–Trinajstić information content (AvgIpc) is 2.55. The molecule has 1 unspecified atom stereocenters. The first-order valence-electron chi connectivity index (χ1n) is 10.2. The second-order valence-electron chi connectivity index (χ2n) is 7.04. The Labute approximate surface area is 140 Å². The zero-order chi connectivity index (χ0) is 16.3. The lowest BCUT2D eigenvalue weighted by molar-refractivity contribution is 0.445. The number of hydrogen-bond donors (Lipinski definition) is 2. The summed E-state index contributed by atoms with van der Waals surface area (Å²) in [4.78, 5) is 0. The van der Waals surface area contributed by atoms with Gasteiger partial charge in [0, 0.05) is 0 Å². The second kappa shape index (κ2) is 19.0. The van der Waals surface area contributed by atoms with Crippen LogP contribution in [-0.2, 0) is 0 Å². The van der Waals surface area contributed by atoms with Gasteiger partial charge < -0.3 is 11.5 Å². The van der Waals surface area contributed by atoms with Gasteiger partial charge >= 0.3 is 0 Å². The molecule has 2 nitrogen and oxygen atoms in total. The standard InChI is InChI=1S/C20H44N2/c1-2-20(19-22)17-15-13-11-9-7-5-3-4-6-8-10-12-14-16-18-21/h20H,2-19,21-22H2,1H3. The van der Waals surface area contributed by atoms with Crippen molar-refractivity contribution in [3.05, 3.63) is 0 Å². The minimum absolute atomic E-state index is 0.773. The molecule has 0 aromatic heterocycles. The molecular weight excluding hydrogens is 268 g/mol. The van der Waals surface area contributed by atoms with E-state index in [2.05, 4.69) is 6.92 Å². The Hall–Kier alpha value is -0.0800. The highest BCUT2D eigenvalue weighted by atomic mass is 14.5. The van der Waals surface area contributed by atoms with Crippen LogP contribution in [0.25, 0.3) is 0 Å². The smallest absolute Gasteiger partial charge is 0.00490 e. The van der Waals surface area contributed by atoms with Gasteiger partial charge in [-0.15, -0.1) is 0 Å². The van der Waals surface area contributed by atoms with Crippen LogP contribution >= 0.6 is 0 Å². The van der Waals surface area contributed by atoms with Crippen molar-refractivity contribution in [1.82, 2.24) is 0 Å². The molecule has 0 bridgehead atoms. The van der Waals surface area contributed by atoms with Crippen LogP contribution < -0.4 is 11.5 Å². The van der Waals surface area contributed by atoms with Crippen LogP contribution in [0.15, 0.2) is 0 Å². The molecule has 1 atom stereocenters. The van der Waals surface area contributed by atoms with Crippen LogP contribution in [0.1, 0.15) is 110 Å². The van der Waals surface area contributed by atoms with E-state index in [0.29, 0.717) is 0 Å². The van der Waals surface area contributed by atoms with E-state index in [-0.39, 0.29) is 0 Å². The van der Waals surface area contributed by atoms with Crippen molar-refractivity contribution in [1.29, 1.82) is 0 Å². The fourth-order valence-corrected chi connectivity index (χ4v) is 3.19. The topological polar surface area (TPSA) is 52.0 Å². The lowest BCUT2D eigenvalue weighted by Crippen LogP contribution is -2.13. The van der Waals surface area contributed by atoms with Gasteiger partial charge in [0.1, 0.15) is 0 Å². The molecule has 0 spiro atoms. The van der Waals surface area contributed by atoms with E-state index < -0.39 is 0 Å². The number of hydrogen-bond acceptors (Lipinski definition) is 2. The quantitative estimate of drug-likeness (QED) is 0.315. The minimum Gasteiger partial charge on any atom is -0.330 e. The predicted octanol–water partition coefficient (Wildman–Crippen LogP) is 5.78. The van der Waals surface area contributed by atoms with Crippen LogP contribution in [0, 0.1) is 5.92 Å². The molecule has 0 saturated carbocycles. The van der Waals surface area contributed by atoms with Crippen molar-refractivity contribution in [2.24, 2.45) is 17.4 Å². The third-order valence-electron chi connectivity index (χ3n) is 4.98. The van der Waals surface area contributed by atoms with Crippen molar-refractivity contribution in [2.75, 3.05) is 13.1 Å². The summed E-state index contributed by atoms with van der Waals surface area (Å²) in [6.45, 7) is 4.01. The summed E-state index contributed by atoms with van der Waals surface area (Å²) in [5, 5.41) is 0. The van der Waals surface area contributed by atoms with E-state index in [4.69, 9.17) is 11.5 Å². The molecule has 0 aromatic carbocycles. The molecule has 22 heavy (non-hydrogen) atoms. The summed E-state index contributed by atoms with van der Waals surface area (Å²) >= 11 is 0. The molecule has 0 amide bonds. The lowest BCUT2D eigenvalue weighted by atomic mass is 9.98. The molecule has 0 aliphatic carbocycles. The third-order valence-corrected chi connectivity index (χ3v) is 4.98. The van der Waals surface area contributed by atoms with E-state index in [1.54, 1.807) is 0 Å². The molecule has 0 aromatic rings. The zero-order valence-electron chi connectivity index (χ0n) is 15.5. The molecule has 0 radical (unpaired) electrons. The van der Waals surface area contributed by atoms with Crippen LogP contribution in [0.5, 0.6) is 0 Å². The molecule has 134 valence electrons. The van der Waals surface area contributed by atoms with Crippen LogP contribution in [-0.4, -0.2) is 13.1 Å². The minimum atomic E-state index is 0.773. The summed E-state index contributed by atoms with van der Waals surface area (Å²) in [6.07, 6.45) is 22.3. The highest BCUT2D eigenvalue weighted by Gasteiger charge is 2.02. The Morgan fingerprint density at radius 2 is 0.909 bits per heavy atom. The number of rotatable bonds is 18. The maximum atomic E-state index is 5.74. The van der Waals surface area contributed by atoms with Gasteiger partial charge in [0.15, 0.2) is 0 Å². The molecule has 0 aliphatic rings. The van der Waals surface area contributed by atoms with Gasteiger partial charge in [0.25, 0.3) is 0 Å². The molecule has 0 saturated heterocycles. The monoisotopic (exact) mass is 312 g/mol. The van der Waals surface area contributed by atoms with Gasteiger partial charge in [-0.2, -0.15) is 0 Å². The fourth-order valence-electron chi connectivity index (χ4n) is 3.19. The maximum absolute atomic E-state index is 5.74. The number of nitrogens with two attached hydrogens (primary N) is 2. The van der Waals surface area contributed by atoms with Crippen molar-refractivity contribution >= 4 is 0 Å². The highest BCUT2D eigenvalue weighted by Crippen LogP contribution is 2.15. The largest absolute Gasteiger partial charge is 0.330 e. The van der Waals surface area contributed by atoms with Crippen LogP contribution in [0.3, 0.4) is 0 Å². The van der Waals surface area contributed by atoms with Gasteiger partial charge in [-0.3, -0.25) is 0 Å². The van der Waals surface area contributed by atoms with Crippen molar-refractivity contribution in [3.63, 3.8) is 0 Å². The predicted molar refractivity (Wildman–Crippen MR) is 101 cm³/mol. The molecule has 0 heterocycles. The summed E-state index contributed by atoms with van der Waals surface area (Å²) in [5.74, 6) is 0.773. The fraction of sp³-hybridized carbons (Fsp3) is 1.00. The van der Waals surface area contributed by atoms with Gasteiger partial charge in [-0.05, 0) is 31.8 Å². The highest BCUT2D eigenvalue weighted by molar-refractivity contribution is 4.58. The second-order valence-corrected chi connectivity index (χ2v) is 7.04.